The molecule has 0 bridgehead atoms. The smallest absolute Gasteiger partial charge is 0.236 e. The molecule has 1 amide bonds. The molecule has 2 heterocycles. The van der Waals surface area contributed by atoms with Crippen LogP contribution in [-0.4, -0.2) is 59.1 Å². The summed E-state index contributed by atoms with van der Waals surface area (Å²) in [4.78, 5) is 16.5. The van der Waals surface area contributed by atoms with Crippen molar-refractivity contribution >= 4 is 5.91 Å². The maximum absolute atomic E-state index is 12.3. The molecule has 1 N–H and O–H groups in total. The zero-order valence-electron chi connectivity index (χ0n) is 11.5. The monoisotopic (exact) mass is 254 g/mol. The second-order valence-corrected chi connectivity index (χ2v) is 5.68. The first kappa shape index (κ1) is 13.8. The second kappa shape index (κ2) is 6.53. The maximum atomic E-state index is 12.3. The standard InChI is InChI=1S/C14H26N2O2/c1-2-12-6-3-4-9-16(12)14(18)11-15-8-5-7-13(17)10-15/h12-13,17H,2-11H2,1H3/t12?,13-/m0/s1. The van der Waals surface area contributed by atoms with Crippen LogP contribution in [0.15, 0.2) is 0 Å². The second-order valence-electron chi connectivity index (χ2n) is 5.68. The lowest BCUT2D eigenvalue weighted by molar-refractivity contribution is -0.136. The molecule has 4 heteroatoms. The number of amides is 1. The van der Waals surface area contributed by atoms with E-state index in [1.165, 1.54) is 6.42 Å². The predicted octanol–water partition coefficient (Wildman–Crippen LogP) is 1.23. The zero-order chi connectivity index (χ0) is 13.0. The Morgan fingerprint density at radius 3 is 2.78 bits per heavy atom. The zero-order valence-corrected chi connectivity index (χ0v) is 11.5. The van der Waals surface area contributed by atoms with Gasteiger partial charge in [-0.2, -0.15) is 0 Å². The van der Waals surface area contributed by atoms with Crippen molar-refractivity contribution in [2.45, 2.75) is 57.6 Å². The van der Waals surface area contributed by atoms with Crippen LogP contribution in [0.1, 0.15) is 45.4 Å². The third-order valence-electron chi connectivity index (χ3n) is 4.26. The summed E-state index contributed by atoms with van der Waals surface area (Å²) >= 11 is 0. The lowest BCUT2D eigenvalue weighted by atomic mass is 10.00. The summed E-state index contributed by atoms with van der Waals surface area (Å²) in [5.74, 6) is 0.260. The van der Waals surface area contributed by atoms with E-state index in [-0.39, 0.29) is 12.0 Å². The molecule has 0 aromatic rings. The summed E-state index contributed by atoms with van der Waals surface area (Å²) in [5, 5.41) is 9.63. The highest BCUT2D eigenvalue weighted by atomic mass is 16.3. The van der Waals surface area contributed by atoms with Crippen molar-refractivity contribution in [3.63, 3.8) is 0 Å². The Bertz CT molecular complexity index is 283. The summed E-state index contributed by atoms with van der Waals surface area (Å²) in [6, 6.07) is 0.445. The van der Waals surface area contributed by atoms with Gasteiger partial charge in [0.15, 0.2) is 0 Å². The van der Waals surface area contributed by atoms with Gasteiger partial charge in [0, 0.05) is 19.1 Å². The normalized spacial score (nSPS) is 30.4. The number of carbonyl (C=O) groups excluding carboxylic acids is 1. The average Bonchev–Trinajstić information content (AvgIpc) is 2.38. The van der Waals surface area contributed by atoms with Crippen molar-refractivity contribution in [3.05, 3.63) is 0 Å². The van der Waals surface area contributed by atoms with Crippen LogP contribution in [0.4, 0.5) is 0 Å². The Morgan fingerprint density at radius 1 is 1.22 bits per heavy atom. The lowest BCUT2D eigenvalue weighted by Crippen LogP contribution is -2.50. The van der Waals surface area contributed by atoms with Crippen LogP contribution in [-0.2, 0) is 4.79 Å². The van der Waals surface area contributed by atoms with Crippen molar-refractivity contribution in [2.75, 3.05) is 26.2 Å². The van der Waals surface area contributed by atoms with E-state index in [9.17, 15) is 9.90 Å². The van der Waals surface area contributed by atoms with Gasteiger partial charge < -0.3 is 10.0 Å². The minimum absolute atomic E-state index is 0.241. The highest BCUT2D eigenvalue weighted by molar-refractivity contribution is 5.78. The number of β-amino-alcohol motifs (C(OH)–C–C–N with tert-alkyl or cyclic N) is 1. The Labute approximate surface area is 110 Å². The molecular weight excluding hydrogens is 228 g/mol. The van der Waals surface area contributed by atoms with Gasteiger partial charge >= 0.3 is 0 Å². The topological polar surface area (TPSA) is 43.8 Å². The van der Waals surface area contributed by atoms with Crippen molar-refractivity contribution in [3.8, 4) is 0 Å². The summed E-state index contributed by atoms with van der Waals surface area (Å²) in [6.07, 6.45) is 6.27. The fourth-order valence-corrected chi connectivity index (χ4v) is 3.21. The molecule has 0 saturated carbocycles. The molecule has 0 aromatic carbocycles. The summed E-state index contributed by atoms with van der Waals surface area (Å²) in [7, 11) is 0. The Balaban J connectivity index is 1.85. The van der Waals surface area contributed by atoms with Gasteiger partial charge in [-0.05, 0) is 45.1 Å². The van der Waals surface area contributed by atoms with E-state index in [0.717, 1.165) is 45.2 Å². The van der Waals surface area contributed by atoms with Gasteiger partial charge in [-0.1, -0.05) is 6.92 Å². The van der Waals surface area contributed by atoms with Gasteiger partial charge in [0.2, 0.25) is 5.91 Å². The van der Waals surface area contributed by atoms with Crippen LogP contribution in [0.25, 0.3) is 0 Å². The first-order chi connectivity index (χ1) is 8.70. The molecule has 2 aliphatic heterocycles. The van der Waals surface area contributed by atoms with E-state index in [0.29, 0.717) is 19.1 Å². The Hall–Kier alpha value is -0.610. The minimum Gasteiger partial charge on any atom is -0.392 e. The van der Waals surface area contributed by atoms with E-state index in [1.807, 2.05) is 0 Å². The average molecular weight is 254 g/mol. The fourth-order valence-electron chi connectivity index (χ4n) is 3.21. The number of aliphatic hydroxyl groups excluding tert-OH is 1. The van der Waals surface area contributed by atoms with Gasteiger partial charge in [-0.25, -0.2) is 0 Å². The van der Waals surface area contributed by atoms with Crippen molar-refractivity contribution in [2.24, 2.45) is 0 Å². The van der Waals surface area contributed by atoms with E-state index in [2.05, 4.69) is 16.7 Å². The van der Waals surface area contributed by atoms with Crippen LogP contribution in [0.5, 0.6) is 0 Å². The van der Waals surface area contributed by atoms with E-state index >= 15 is 0 Å². The summed E-state index contributed by atoms with van der Waals surface area (Å²) < 4.78 is 0. The summed E-state index contributed by atoms with van der Waals surface area (Å²) in [6.45, 7) is 5.20. The Morgan fingerprint density at radius 2 is 2.06 bits per heavy atom. The van der Waals surface area contributed by atoms with E-state index in [4.69, 9.17) is 0 Å². The number of carbonyl (C=O) groups is 1. The number of piperidine rings is 2. The predicted molar refractivity (Wildman–Crippen MR) is 71.3 cm³/mol. The summed E-state index contributed by atoms with van der Waals surface area (Å²) in [5.41, 5.74) is 0. The molecule has 2 aliphatic rings. The van der Waals surface area contributed by atoms with Crippen LogP contribution in [0.3, 0.4) is 0 Å². The van der Waals surface area contributed by atoms with Crippen LogP contribution >= 0.6 is 0 Å². The lowest BCUT2D eigenvalue weighted by Gasteiger charge is -2.37. The number of aliphatic hydroxyl groups is 1. The number of likely N-dealkylation sites (tertiary alicyclic amines) is 2. The molecular formula is C14H26N2O2. The minimum atomic E-state index is -0.241. The van der Waals surface area contributed by atoms with Crippen molar-refractivity contribution < 1.29 is 9.90 Å². The molecule has 0 aromatic heterocycles. The molecule has 4 nitrogen and oxygen atoms in total. The maximum Gasteiger partial charge on any atom is 0.236 e. The quantitative estimate of drug-likeness (QED) is 0.824. The van der Waals surface area contributed by atoms with Crippen LogP contribution < -0.4 is 0 Å². The molecule has 2 rings (SSSR count). The highest BCUT2D eigenvalue weighted by Gasteiger charge is 2.27. The molecule has 1 unspecified atom stereocenters. The number of nitrogens with zero attached hydrogens (tertiary/aromatic N) is 2. The molecule has 2 saturated heterocycles. The first-order valence-corrected chi connectivity index (χ1v) is 7.40. The van der Waals surface area contributed by atoms with Gasteiger partial charge in [0.25, 0.3) is 0 Å². The number of hydrogen-bond donors (Lipinski definition) is 1. The number of hydrogen-bond acceptors (Lipinski definition) is 3. The van der Waals surface area contributed by atoms with E-state index in [1.54, 1.807) is 0 Å². The third-order valence-corrected chi connectivity index (χ3v) is 4.26. The van der Waals surface area contributed by atoms with Gasteiger partial charge in [0.1, 0.15) is 0 Å². The SMILES string of the molecule is CCC1CCCCN1C(=O)CN1CCC[C@H](O)C1. The van der Waals surface area contributed by atoms with Crippen LogP contribution in [0.2, 0.25) is 0 Å². The van der Waals surface area contributed by atoms with Gasteiger partial charge in [0.05, 0.1) is 12.6 Å². The van der Waals surface area contributed by atoms with Crippen molar-refractivity contribution in [1.82, 2.24) is 9.80 Å². The van der Waals surface area contributed by atoms with Crippen molar-refractivity contribution in [1.29, 1.82) is 0 Å². The van der Waals surface area contributed by atoms with Gasteiger partial charge in [-0.3, -0.25) is 9.69 Å². The number of rotatable bonds is 3. The third kappa shape index (κ3) is 3.45. The fraction of sp³-hybridized carbons (Fsp3) is 0.929. The molecule has 18 heavy (non-hydrogen) atoms. The highest BCUT2D eigenvalue weighted by Crippen LogP contribution is 2.20. The molecule has 0 aliphatic carbocycles. The largest absolute Gasteiger partial charge is 0.392 e. The molecule has 2 fully saturated rings. The molecule has 2 atom stereocenters. The first-order valence-electron chi connectivity index (χ1n) is 7.40. The van der Waals surface area contributed by atoms with E-state index < -0.39 is 0 Å². The molecule has 104 valence electrons. The van der Waals surface area contributed by atoms with Gasteiger partial charge in [-0.15, -0.1) is 0 Å². The Kier molecular flexibility index (Phi) is 5.01. The molecule has 0 spiro atoms. The van der Waals surface area contributed by atoms with Crippen LogP contribution in [0, 0.1) is 0 Å². The molecule has 0 radical (unpaired) electrons.